The minimum absolute atomic E-state index is 0.0372. The van der Waals surface area contributed by atoms with Crippen LogP contribution in [0.1, 0.15) is 39.1 Å². The highest BCUT2D eigenvalue weighted by molar-refractivity contribution is 7.24. The van der Waals surface area contributed by atoms with E-state index in [2.05, 4.69) is 4.98 Å². The quantitative estimate of drug-likeness (QED) is 0.695. The molecule has 0 saturated carbocycles. The normalized spacial score (nSPS) is 12.9. The van der Waals surface area contributed by atoms with E-state index in [9.17, 15) is 9.59 Å². The zero-order chi connectivity index (χ0) is 15.9. The van der Waals surface area contributed by atoms with Crippen molar-refractivity contribution in [2.75, 3.05) is 0 Å². The predicted molar refractivity (Wildman–Crippen MR) is 92.0 cm³/mol. The molecule has 0 aliphatic carbocycles. The average Bonchev–Trinajstić information content (AvgIpc) is 2.53. The van der Waals surface area contributed by atoms with E-state index >= 15 is 0 Å². The van der Waals surface area contributed by atoms with Gasteiger partial charge in [0.2, 0.25) is 5.43 Å². The number of aryl methyl sites for hydroxylation is 1. The van der Waals surface area contributed by atoms with E-state index < -0.39 is 0 Å². The lowest BCUT2D eigenvalue weighted by atomic mass is 10.2. The Hall–Kier alpha value is -2.01. The Morgan fingerprint density at radius 2 is 1.95 bits per heavy atom. The van der Waals surface area contributed by atoms with Gasteiger partial charge >= 0.3 is 0 Å². The van der Waals surface area contributed by atoms with Gasteiger partial charge in [0.05, 0.1) is 0 Å². The lowest BCUT2D eigenvalue weighted by molar-refractivity contribution is 0.489. The summed E-state index contributed by atoms with van der Waals surface area (Å²) in [7, 11) is 0. The first-order valence-electron chi connectivity index (χ1n) is 7.55. The maximum Gasteiger partial charge on any atom is 0.266 e. The van der Waals surface area contributed by atoms with Crippen molar-refractivity contribution in [2.45, 2.75) is 39.7 Å². The molecule has 0 amide bonds. The van der Waals surface area contributed by atoms with Gasteiger partial charge in [-0.2, -0.15) is 0 Å². The Balaban J connectivity index is 2.53. The highest BCUT2D eigenvalue weighted by atomic mass is 32.1. The molecular weight excluding hydrogens is 296 g/mol. The van der Waals surface area contributed by atoms with E-state index in [4.69, 9.17) is 0 Å². The topological polar surface area (TPSA) is 52.0 Å². The Labute approximate surface area is 132 Å². The summed E-state index contributed by atoms with van der Waals surface area (Å²) in [5.41, 5.74) is -0.412. The van der Waals surface area contributed by atoms with Crippen LogP contribution < -0.4 is 11.0 Å². The van der Waals surface area contributed by atoms with E-state index in [1.54, 1.807) is 10.6 Å². The summed E-state index contributed by atoms with van der Waals surface area (Å²) in [5.74, 6) is 0.748. The lowest BCUT2D eigenvalue weighted by Gasteiger charge is -2.17. The van der Waals surface area contributed by atoms with Crippen LogP contribution >= 0.6 is 11.3 Å². The molecule has 2 aromatic heterocycles. The monoisotopic (exact) mass is 314 g/mol. The van der Waals surface area contributed by atoms with Crippen molar-refractivity contribution >= 4 is 31.6 Å². The molecule has 1 atom stereocenters. The van der Waals surface area contributed by atoms with Gasteiger partial charge in [0.1, 0.15) is 16.0 Å². The van der Waals surface area contributed by atoms with Crippen LogP contribution in [0.2, 0.25) is 0 Å². The first-order valence-corrected chi connectivity index (χ1v) is 8.37. The largest absolute Gasteiger partial charge is 0.293 e. The molecule has 22 heavy (non-hydrogen) atoms. The van der Waals surface area contributed by atoms with Crippen LogP contribution in [0.5, 0.6) is 0 Å². The number of benzene rings is 1. The standard InChI is InChI=1S/C17H18N2O2S/c1-4-10(3)19-13(5-2)18-16-14(17(19)21)15(20)11-8-6-7-9-12(11)22-16/h6-10H,4-5H2,1-3H3. The second-order valence-electron chi connectivity index (χ2n) is 5.42. The second-order valence-corrected chi connectivity index (χ2v) is 6.45. The summed E-state index contributed by atoms with van der Waals surface area (Å²) >= 11 is 1.41. The van der Waals surface area contributed by atoms with E-state index in [0.717, 1.165) is 16.9 Å². The average molecular weight is 314 g/mol. The summed E-state index contributed by atoms with van der Waals surface area (Å²) in [4.78, 5) is 30.8. The Morgan fingerprint density at radius 1 is 1.23 bits per heavy atom. The SMILES string of the molecule is CCc1nc2sc3ccccc3c(=O)c2c(=O)n1C(C)CC. The molecule has 1 unspecified atom stereocenters. The third-order valence-electron chi connectivity index (χ3n) is 4.07. The van der Waals surface area contributed by atoms with Crippen molar-refractivity contribution < 1.29 is 0 Å². The van der Waals surface area contributed by atoms with Gasteiger partial charge in [-0.1, -0.05) is 26.0 Å². The van der Waals surface area contributed by atoms with Gasteiger partial charge in [-0.15, -0.1) is 11.3 Å². The third kappa shape index (κ3) is 2.16. The number of hydrogen-bond acceptors (Lipinski definition) is 4. The molecular formula is C17H18N2O2S. The summed E-state index contributed by atoms with van der Waals surface area (Å²) in [6.45, 7) is 6.00. The molecule has 5 heteroatoms. The van der Waals surface area contributed by atoms with Gasteiger partial charge in [-0.3, -0.25) is 14.2 Å². The van der Waals surface area contributed by atoms with Crippen molar-refractivity contribution in [3.63, 3.8) is 0 Å². The van der Waals surface area contributed by atoms with Gasteiger partial charge in [0.25, 0.3) is 5.56 Å². The molecule has 0 bridgehead atoms. The predicted octanol–water partition coefficient (Wildman–Crippen LogP) is 3.50. The summed E-state index contributed by atoms with van der Waals surface area (Å²) in [6, 6.07) is 7.42. The second kappa shape index (κ2) is 5.65. The van der Waals surface area contributed by atoms with Crippen molar-refractivity contribution in [2.24, 2.45) is 0 Å². The van der Waals surface area contributed by atoms with Crippen LogP contribution in [0.15, 0.2) is 33.9 Å². The van der Waals surface area contributed by atoms with E-state index in [1.165, 1.54) is 11.3 Å². The minimum Gasteiger partial charge on any atom is -0.293 e. The van der Waals surface area contributed by atoms with E-state index in [1.807, 2.05) is 39.0 Å². The van der Waals surface area contributed by atoms with Crippen molar-refractivity contribution in [3.8, 4) is 0 Å². The van der Waals surface area contributed by atoms with Gasteiger partial charge < -0.3 is 0 Å². The maximum atomic E-state index is 12.9. The highest BCUT2D eigenvalue weighted by Crippen LogP contribution is 2.22. The fourth-order valence-electron chi connectivity index (χ4n) is 2.69. The molecule has 3 aromatic rings. The number of fused-ring (bicyclic) bond motifs is 2. The molecule has 2 heterocycles. The molecule has 114 valence electrons. The van der Waals surface area contributed by atoms with E-state index in [-0.39, 0.29) is 22.4 Å². The van der Waals surface area contributed by atoms with Crippen LogP contribution in [0.4, 0.5) is 0 Å². The van der Waals surface area contributed by atoms with Gasteiger partial charge in [0, 0.05) is 22.5 Å². The number of hydrogen-bond donors (Lipinski definition) is 0. The van der Waals surface area contributed by atoms with Gasteiger partial charge in [-0.25, -0.2) is 4.98 Å². The molecule has 0 radical (unpaired) electrons. The first kappa shape index (κ1) is 14.9. The summed E-state index contributed by atoms with van der Waals surface area (Å²) in [6.07, 6.45) is 1.49. The minimum atomic E-state index is -0.207. The smallest absolute Gasteiger partial charge is 0.266 e. The highest BCUT2D eigenvalue weighted by Gasteiger charge is 2.17. The fraction of sp³-hybridized carbons (Fsp3) is 0.353. The molecule has 0 fully saturated rings. The van der Waals surface area contributed by atoms with E-state index in [0.29, 0.717) is 16.6 Å². The molecule has 0 spiro atoms. The van der Waals surface area contributed by atoms with Crippen LogP contribution in [-0.4, -0.2) is 9.55 Å². The number of aromatic nitrogens is 2. The van der Waals surface area contributed by atoms with Crippen LogP contribution in [0.3, 0.4) is 0 Å². The Kier molecular flexibility index (Phi) is 3.83. The molecule has 0 aliphatic heterocycles. The maximum absolute atomic E-state index is 12.9. The molecule has 0 N–H and O–H groups in total. The zero-order valence-corrected chi connectivity index (χ0v) is 13.7. The lowest BCUT2D eigenvalue weighted by Crippen LogP contribution is -2.30. The number of rotatable bonds is 3. The Morgan fingerprint density at radius 3 is 2.64 bits per heavy atom. The molecule has 0 saturated heterocycles. The third-order valence-corrected chi connectivity index (χ3v) is 5.13. The van der Waals surface area contributed by atoms with Crippen LogP contribution in [0, 0.1) is 0 Å². The van der Waals surface area contributed by atoms with Crippen molar-refractivity contribution in [1.82, 2.24) is 9.55 Å². The van der Waals surface area contributed by atoms with Crippen LogP contribution in [0.25, 0.3) is 20.3 Å². The summed E-state index contributed by atoms with van der Waals surface area (Å²) < 4.78 is 2.56. The molecule has 0 aliphatic rings. The molecule has 4 nitrogen and oxygen atoms in total. The molecule has 3 rings (SSSR count). The number of nitrogens with zero attached hydrogens (tertiary/aromatic N) is 2. The van der Waals surface area contributed by atoms with Gasteiger partial charge in [-0.05, 0) is 25.5 Å². The van der Waals surface area contributed by atoms with Crippen LogP contribution in [-0.2, 0) is 6.42 Å². The summed E-state index contributed by atoms with van der Waals surface area (Å²) in [5, 5.41) is 0.819. The zero-order valence-electron chi connectivity index (χ0n) is 12.9. The first-order chi connectivity index (χ1) is 10.6. The van der Waals surface area contributed by atoms with Crippen molar-refractivity contribution in [1.29, 1.82) is 0 Å². The van der Waals surface area contributed by atoms with Gasteiger partial charge in [0.15, 0.2) is 0 Å². The van der Waals surface area contributed by atoms with Crippen molar-refractivity contribution in [3.05, 3.63) is 50.7 Å². The fourth-order valence-corrected chi connectivity index (χ4v) is 3.75. The Bertz CT molecular complexity index is 972. The molecule has 1 aromatic carbocycles.